The van der Waals surface area contributed by atoms with E-state index in [1.165, 1.54) is 11.7 Å². The van der Waals surface area contributed by atoms with E-state index in [-0.39, 0.29) is 24.7 Å². The van der Waals surface area contributed by atoms with Gasteiger partial charge in [0, 0.05) is 31.6 Å². The Hall–Kier alpha value is -2.57. The Kier molecular flexibility index (Phi) is 4.42. The minimum atomic E-state index is -0.452. The summed E-state index contributed by atoms with van der Waals surface area (Å²) in [5.41, 5.74) is 1.61. The number of benzene rings is 1. The Bertz CT molecular complexity index is 729. The van der Waals surface area contributed by atoms with Gasteiger partial charge in [-0.15, -0.1) is 0 Å². The van der Waals surface area contributed by atoms with E-state index in [1.807, 2.05) is 0 Å². The van der Waals surface area contributed by atoms with Gasteiger partial charge in [0.2, 0.25) is 5.91 Å². The van der Waals surface area contributed by atoms with E-state index < -0.39 is 5.76 Å². The van der Waals surface area contributed by atoms with Crippen molar-refractivity contribution in [1.82, 2.24) is 4.57 Å². The molecule has 0 aliphatic rings. The average Bonchev–Trinajstić information content (AvgIpc) is 2.73. The highest BCUT2D eigenvalue weighted by Gasteiger charge is 2.09. The van der Waals surface area contributed by atoms with E-state index in [0.29, 0.717) is 23.2 Å². The van der Waals surface area contributed by atoms with Crippen molar-refractivity contribution in [3.63, 3.8) is 0 Å². The van der Waals surface area contributed by atoms with Crippen LogP contribution in [0.1, 0.15) is 19.3 Å². The Morgan fingerprint density at radius 3 is 2.81 bits per heavy atom. The standard InChI is InChI=1S/C14H16N2O5/c1-16-10-7-6-9(8-11(10)21-14(16)19)15-12(17)4-3-5-13(18)20-2/h6-8H,3-5H2,1-2H3,(H,15,17). The van der Waals surface area contributed by atoms with Crippen molar-refractivity contribution < 1.29 is 18.7 Å². The number of rotatable bonds is 5. The van der Waals surface area contributed by atoms with Crippen molar-refractivity contribution >= 4 is 28.7 Å². The number of ether oxygens (including phenoxy) is 1. The molecule has 0 spiro atoms. The van der Waals surface area contributed by atoms with Gasteiger partial charge in [0.15, 0.2) is 5.58 Å². The van der Waals surface area contributed by atoms with Crippen molar-refractivity contribution in [2.24, 2.45) is 7.05 Å². The number of oxazole rings is 1. The first-order chi connectivity index (χ1) is 10.0. The summed E-state index contributed by atoms with van der Waals surface area (Å²) in [7, 11) is 2.92. The molecule has 0 aliphatic carbocycles. The van der Waals surface area contributed by atoms with E-state index in [4.69, 9.17) is 4.42 Å². The molecule has 7 heteroatoms. The lowest BCUT2D eigenvalue weighted by Crippen LogP contribution is -2.12. The molecule has 0 fully saturated rings. The first-order valence-corrected chi connectivity index (χ1v) is 6.47. The molecule has 1 aromatic carbocycles. The predicted octanol–water partition coefficient (Wildman–Crippen LogP) is 1.41. The number of fused-ring (bicyclic) bond motifs is 1. The second-order valence-electron chi connectivity index (χ2n) is 4.59. The Labute approximate surface area is 120 Å². The van der Waals surface area contributed by atoms with E-state index >= 15 is 0 Å². The maximum atomic E-state index is 11.7. The van der Waals surface area contributed by atoms with Crippen LogP contribution in [0.25, 0.3) is 11.1 Å². The summed E-state index contributed by atoms with van der Waals surface area (Å²) < 4.78 is 10.9. The summed E-state index contributed by atoms with van der Waals surface area (Å²) in [5.74, 6) is -1.00. The predicted molar refractivity (Wildman–Crippen MR) is 76.0 cm³/mol. The molecule has 0 unspecified atom stereocenters. The second kappa shape index (κ2) is 6.25. The molecule has 0 atom stereocenters. The van der Waals surface area contributed by atoms with Crippen LogP contribution in [0.4, 0.5) is 5.69 Å². The zero-order valence-electron chi connectivity index (χ0n) is 11.8. The summed E-state index contributed by atoms with van der Waals surface area (Å²) in [6, 6.07) is 4.98. The smallest absolute Gasteiger partial charge is 0.419 e. The third-order valence-corrected chi connectivity index (χ3v) is 3.09. The lowest BCUT2D eigenvalue weighted by molar-refractivity contribution is -0.140. The molecule has 0 radical (unpaired) electrons. The molecule has 0 bridgehead atoms. The van der Waals surface area contributed by atoms with E-state index in [9.17, 15) is 14.4 Å². The number of carbonyl (C=O) groups excluding carboxylic acids is 2. The van der Waals surface area contributed by atoms with Gasteiger partial charge in [-0.05, 0) is 18.6 Å². The van der Waals surface area contributed by atoms with E-state index in [2.05, 4.69) is 10.1 Å². The maximum Gasteiger partial charge on any atom is 0.419 e. The van der Waals surface area contributed by atoms with Gasteiger partial charge in [-0.25, -0.2) is 4.79 Å². The third kappa shape index (κ3) is 3.50. The van der Waals surface area contributed by atoms with Crippen LogP contribution in [-0.2, 0) is 21.4 Å². The molecule has 1 N–H and O–H groups in total. The van der Waals surface area contributed by atoms with Crippen LogP contribution in [-0.4, -0.2) is 23.6 Å². The van der Waals surface area contributed by atoms with Crippen molar-refractivity contribution in [3.05, 3.63) is 28.7 Å². The number of aromatic nitrogens is 1. The number of anilines is 1. The molecule has 0 aliphatic heterocycles. The number of nitrogens with zero attached hydrogens (tertiary/aromatic N) is 1. The van der Waals surface area contributed by atoms with Gasteiger partial charge in [-0.2, -0.15) is 0 Å². The van der Waals surface area contributed by atoms with Crippen LogP contribution >= 0.6 is 0 Å². The van der Waals surface area contributed by atoms with Gasteiger partial charge >= 0.3 is 11.7 Å². The molecular weight excluding hydrogens is 276 g/mol. The van der Waals surface area contributed by atoms with Crippen LogP contribution in [0.2, 0.25) is 0 Å². The largest absolute Gasteiger partial charge is 0.469 e. The van der Waals surface area contributed by atoms with Crippen LogP contribution in [0.3, 0.4) is 0 Å². The first kappa shape index (κ1) is 14.8. The molecule has 2 aromatic rings. The molecule has 7 nitrogen and oxygen atoms in total. The number of carbonyl (C=O) groups is 2. The molecular formula is C14H16N2O5. The minimum Gasteiger partial charge on any atom is -0.469 e. The molecule has 21 heavy (non-hydrogen) atoms. The number of methoxy groups -OCH3 is 1. The van der Waals surface area contributed by atoms with Gasteiger partial charge in [0.1, 0.15) is 0 Å². The fourth-order valence-electron chi connectivity index (χ4n) is 1.93. The van der Waals surface area contributed by atoms with Gasteiger partial charge in [-0.1, -0.05) is 0 Å². The third-order valence-electron chi connectivity index (χ3n) is 3.09. The molecule has 0 saturated carbocycles. The summed E-state index contributed by atoms with van der Waals surface area (Å²) >= 11 is 0. The summed E-state index contributed by atoms with van der Waals surface area (Å²) in [5, 5.41) is 2.69. The van der Waals surface area contributed by atoms with Gasteiger partial charge < -0.3 is 14.5 Å². The SMILES string of the molecule is COC(=O)CCCC(=O)Nc1ccc2c(c1)oc(=O)n2C. The highest BCUT2D eigenvalue weighted by atomic mass is 16.5. The molecule has 1 amide bonds. The summed E-state index contributed by atoms with van der Waals surface area (Å²) in [6.45, 7) is 0. The molecule has 1 aromatic heterocycles. The van der Waals surface area contributed by atoms with Crippen LogP contribution in [0.5, 0.6) is 0 Å². The normalized spacial score (nSPS) is 10.6. The first-order valence-electron chi connectivity index (χ1n) is 6.47. The monoisotopic (exact) mass is 292 g/mol. The highest BCUT2D eigenvalue weighted by Crippen LogP contribution is 2.18. The Morgan fingerprint density at radius 2 is 2.10 bits per heavy atom. The number of amides is 1. The van der Waals surface area contributed by atoms with Crippen molar-refractivity contribution in [1.29, 1.82) is 0 Å². The van der Waals surface area contributed by atoms with Crippen molar-refractivity contribution in [2.75, 3.05) is 12.4 Å². The lowest BCUT2D eigenvalue weighted by atomic mass is 10.2. The van der Waals surface area contributed by atoms with Gasteiger partial charge in [0.05, 0.1) is 12.6 Å². The number of esters is 1. The summed E-state index contributed by atoms with van der Waals surface area (Å²) in [4.78, 5) is 34.0. The highest BCUT2D eigenvalue weighted by molar-refractivity contribution is 5.92. The topological polar surface area (TPSA) is 90.5 Å². The van der Waals surface area contributed by atoms with Crippen molar-refractivity contribution in [3.8, 4) is 0 Å². The molecule has 2 rings (SSSR count). The van der Waals surface area contributed by atoms with E-state index in [0.717, 1.165) is 0 Å². The van der Waals surface area contributed by atoms with E-state index in [1.54, 1.807) is 25.2 Å². The zero-order valence-corrected chi connectivity index (χ0v) is 11.8. The Balaban J connectivity index is 1.98. The zero-order chi connectivity index (χ0) is 15.4. The molecule has 1 heterocycles. The van der Waals surface area contributed by atoms with Gasteiger partial charge in [0.25, 0.3) is 0 Å². The van der Waals surface area contributed by atoms with Crippen molar-refractivity contribution in [2.45, 2.75) is 19.3 Å². The molecule has 0 saturated heterocycles. The average molecular weight is 292 g/mol. The summed E-state index contributed by atoms with van der Waals surface area (Å²) in [6.07, 6.45) is 0.837. The lowest BCUT2D eigenvalue weighted by Gasteiger charge is -2.04. The number of aryl methyl sites for hydroxylation is 1. The van der Waals surface area contributed by atoms with Crippen LogP contribution in [0.15, 0.2) is 27.4 Å². The number of hydrogen-bond acceptors (Lipinski definition) is 5. The fourth-order valence-corrected chi connectivity index (χ4v) is 1.93. The quantitative estimate of drug-likeness (QED) is 0.841. The second-order valence-corrected chi connectivity index (χ2v) is 4.59. The van der Waals surface area contributed by atoms with Gasteiger partial charge in [-0.3, -0.25) is 14.2 Å². The Morgan fingerprint density at radius 1 is 1.33 bits per heavy atom. The number of hydrogen-bond donors (Lipinski definition) is 1. The maximum absolute atomic E-state index is 11.7. The minimum absolute atomic E-state index is 0.205. The molecule has 112 valence electrons. The number of nitrogens with one attached hydrogen (secondary N) is 1. The fraction of sp³-hybridized carbons (Fsp3) is 0.357. The van der Waals surface area contributed by atoms with Crippen LogP contribution in [0, 0.1) is 0 Å². The van der Waals surface area contributed by atoms with Crippen LogP contribution < -0.4 is 11.1 Å².